The first kappa shape index (κ1) is 20.1. The van der Waals surface area contributed by atoms with E-state index in [1.165, 1.54) is 13.0 Å². The summed E-state index contributed by atoms with van der Waals surface area (Å²) in [6.07, 6.45) is -4.68. The van der Waals surface area contributed by atoms with Gasteiger partial charge in [-0.05, 0) is 12.1 Å². The molecule has 0 bridgehead atoms. The summed E-state index contributed by atoms with van der Waals surface area (Å²) in [4.78, 5) is 23.6. The lowest BCUT2D eigenvalue weighted by atomic mass is 9.98. The molecular weight excluding hydrogens is 344 g/mol. The van der Waals surface area contributed by atoms with Crippen molar-refractivity contribution in [3.63, 3.8) is 0 Å². The Morgan fingerprint density at radius 3 is 2.50 bits per heavy atom. The van der Waals surface area contributed by atoms with E-state index in [1.807, 2.05) is 0 Å². The predicted molar refractivity (Wildman–Crippen MR) is 89.1 cm³/mol. The van der Waals surface area contributed by atoms with Crippen molar-refractivity contribution in [2.24, 2.45) is 0 Å². The number of ether oxygens (including phenoxy) is 4. The van der Waals surface area contributed by atoms with Crippen LogP contribution in [0.25, 0.3) is 0 Å². The Balaban J connectivity index is 2.19. The van der Waals surface area contributed by atoms with E-state index < -0.39 is 49.3 Å². The molecule has 26 heavy (non-hydrogen) atoms. The fourth-order valence-electron chi connectivity index (χ4n) is 2.57. The molecule has 1 saturated heterocycles. The zero-order valence-corrected chi connectivity index (χ0v) is 14.3. The third-order valence-corrected chi connectivity index (χ3v) is 3.73. The number of aliphatic hydroxyl groups is 2. The molecule has 0 amide bonds. The number of carbonyl (C=O) groups is 2. The van der Waals surface area contributed by atoms with E-state index in [4.69, 9.17) is 18.9 Å². The lowest BCUT2D eigenvalue weighted by molar-refractivity contribution is -0.300. The molecule has 1 aromatic carbocycles. The summed E-state index contributed by atoms with van der Waals surface area (Å²) in [7, 11) is 0. The molecule has 0 aliphatic carbocycles. The van der Waals surface area contributed by atoms with Crippen molar-refractivity contribution in [2.45, 2.75) is 37.6 Å². The fourth-order valence-corrected chi connectivity index (χ4v) is 2.57. The first-order valence-electron chi connectivity index (χ1n) is 8.08. The Kier molecular flexibility index (Phi) is 7.28. The summed E-state index contributed by atoms with van der Waals surface area (Å²) in [5.74, 6) is -1.37. The monoisotopic (exact) mass is 366 g/mol. The quantitative estimate of drug-likeness (QED) is 0.528. The maximum atomic E-state index is 12.3. The van der Waals surface area contributed by atoms with Gasteiger partial charge >= 0.3 is 11.9 Å². The number of esters is 2. The predicted octanol–water partition coefficient (Wildman–Crippen LogP) is 0.424. The highest BCUT2D eigenvalue weighted by atomic mass is 16.7. The van der Waals surface area contributed by atoms with Crippen molar-refractivity contribution in [1.29, 1.82) is 0 Å². The SMILES string of the molecule is C=CCO[C@H]1OC(CO)[C@@H](OC(=O)c2ccccc2)C(O)C1OC(C)=O. The van der Waals surface area contributed by atoms with E-state index in [1.54, 1.807) is 30.3 Å². The molecule has 1 heterocycles. The highest BCUT2D eigenvalue weighted by Gasteiger charge is 2.49. The zero-order valence-electron chi connectivity index (χ0n) is 14.3. The number of aliphatic hydroxyl groups excluding tert-OH is 2. The maximum Gasteiger partial charge on any atom is 0.338 e. The van der Waals surface area contributed by atoms with E-state index in [0.717, 1.165) is 0 Å². The number of carbonyl (C=O) groups excluding carboxylic acids is 2. The van der Waals surface area contributed by atoms with Gasteiger partial charge in [0.2, 0.25) is 0 Å². The number of hydrogen-bond acceptors (Lipinski definition) is 8. The average molecular weight is 366 g/mol. The molecule has 0 spiro atoms. The average Bonchev–Trinajstić information content (AvgIpc) is 2.64. The molecule has 5 atom stereocenters. The van der Waals surface area contributed by atoms with Gasteiger partial charge in [0.05, 0.1) is 18.8 Å². The minimum Gasteiger partial charge on any atom is -0.454 e. The molecule has 1 fully saturated rings. The maximum absolute atomic E-state index is 12.3. The van der Waals surface area contributed by atoms with Crippen LogP contribution in [-0.2, 0) is 23.7 Å². The molecule has 8 nitrogen and oxygen atoms in total. The van der Waals surface area contributed by atoms with Crippen molar-refractivity contribution in [2.75, 3.05) is 13.2 Å². The molecular formula is C18H22O8. The van der Waals surface area contributed by atoms with Crippen LogP contribution in [0.3, 0.4) is 0 Å². The molecule has 3 unspecified atom stereocenters. The molecule has 2 rings (SSSR count). The highest BCUT2D eigenvalue weighted by molar-refractivity contribution is 5.89. The minimum atomic E-state index is -1.45. The van der Waals surface area contributed by atoms with E-state index >= 15 is 0 Å². The lowest BCUT2D eigenvalue weighted by Gasteiger charge is -2.42. The van der Waals surface area contributed by atoms with Crippen LogP contribution in [0.2, 0.25) is 0 Å². The molecule has 0 aromatic heterocycles. The molecule has 0 saturated carbocycles. The minimum absolute atomic E-state index is 0.0712. The number of rotatable bonds is 7. The Bertz CT molecular complexity index is 617. The van der Waals surface area contributed by atoms with Gasteiger partial charge in [-0.25, -0.2) is 4.79 Å². The Morgan fingerprint density at radius 1 is 1.23 bits per heavy atom. The molecule has 8 heteroatoms. The standard InChI is InChI=1S/C18H22O8/c1-3-9-23-18-16(24-11(2)20)14(21)15(13(10-19)25-18)26-17(22)12-7-5-4-6-8-12/h3-8,13-16,18-19,21H,1,9-10H2,2H3/t13?,14?,15-,16?,18+/m1/s1. The Labute approximate surface area is 150 Å². The van der Waals surface area contributed by atoms with Gasteiger partial charge in [-0.15, -0.1) is 6.58 Å². The van der Waals surface area contributed by atoms with Crippen molar-refractivity contribution >= 4 is 11.9 Å². The van der Waals surface area contributed by atoms with Gasteiger partial charge in [-0.2, -0.15) is 0 Å². The summed E-state index contributed by atoms with van der Waals surface area (Å²) in [5.41, 5.74) is 0.269. The van der Waals surface area contributed by atoms with E-state index in [0.29, 0.717) is 0 Å². The van der Waals surface area contributed by atoms with Crippen molar-refractivity contribution in [3.8, 4) is 0 Å². The van der Waals surface area contributed by atoms with E-state index in [9.17, 15) is 19.8 Å². The normalized spacial score (nSPS) is 28.2. The van der Waals surface area contributed by atoms with Gasteiger partial charge in [0, 0.05) is 6.92 Å². The lowest BCUT2D eigenvalue weighted by Crippen LogP contribution is -2.61. The molecule has 1 aromatic rings. The first-order valence-corrected chi connectivity index (χ1v) is 8.08. The molecule has 1 aliphatic heterocycles. The van der Waals surface area contributed by atoms with Crippen LogP contribution in [0.4, 0.5) is 0 Å². The second-order valence-electron chi connectivity index (χ2n) is 5.65. The second-order valence-corrected chi connectivity index (χ2v) is 5.65. The summed E-state index contributed by atoms with van der Waals surface area (Å²) in [6.45, 7) is 4.21. The van der Waals surface area contributed by atoms with E-state index in [-0.39, 0.29) is 12.2 Å². The summed E-state index contributed by atoms with van der Waals surface area (Å²) in [6, 6.07) is 8.16. The van der Waals surface area contributed by atoms with Gasteiger partial charge in [-0.3, -0.25) is 4.79 Å². The van der Waals surface area contributed by atoms with Crippen LogP contribution in [0.15, 0.2) is 43.0 Å². The molecule has 2 N–H and O–H groups in total. The smallest absolute Gasteiger partial charge is 0.338 e. The van der Waals surface area contributed by atoms with E-state index in [2.05, 4.69) is 6.58 Å². The van der Waals surface area contributed by atoms with Crippen LogP contribution >= 0.6 is 0 Å². The van der Waals surface area contributed by atoms with Crippen molar-refractivity contribution in [1.82, 2.24) is 0 Å². The van der Waals surface area contributed by atoms with Gasteiger partial charge < -0.3 is 29.2 Å². The fraction of sp³-hybridized carbons (Fsp3) is 0.444. The van der Waals surface area contributed by atoms with Crippen LogP contribution in [-0.4, -0.2) is 66.1 Å². The second kappa shape index (κ2) is 9.44. The van der Waals surface area contributed by atoms with Crippen LogP contribution in [0, 0.1) is 0 Å². The number of hydrogen-bond donors (Lipinski definition) is 2. The Morgan fingerprint density at radius 2 is 1.92 bits per heavy atom. The highest BCUT2D eigenvalue weighted by Crippen LogP contribution is 2.27. The third kappa shape index (κ3) is 4.89. The summed E-state index contributed by atoms with van der Waals surface area (Å²) >= 11 is 0. The van der Waals surface area contributed by atoms with Crippen LogP contribution in [0.5, 0.6) is 0 Å². The van der Waals surface area contributed by atoms with Crippen molar-refractivity contribution in [3.05, 3.63) is 48.6 Å². The zero-order chi connectivity index (χ0) is 19.1. The topological polar surface area (TPSA) is 112 Å². The van der Waals surface area contributed by atoms with Gasteiger partial charge in [-0.1, -0.05) is 24.3 Å². The van der Waals surface area contributed by atoms with Crippen LogP contribution < -0.4 is 0 Å². The first-order chi connectivity index (χ1) is 12.5. The van der Waals surface area contributed by atoms with Crippen LogP contribution in [0.1, 0.15) is 17.3 Å². The summed E-state index contributed by atoms with van der Waals surface area (Å²) in [5, 5.41) is 20.2. The van der Waals surface area contributed by atoms with Gasteiger partial charge in [0.1, 0.15) is 12.2 Å². The van der Waals surface area contributed by atoms with Gasteiger partial charge in [0.15, 0.2) is 18.5 Å². The molecule has 1 aliphatic rings. The largest absolute Gasteiger partial charge is 0.454 e. The van der Waals surface area contributed by atoms with Crippen molar-refractivity contribution < 1.29 is 38.7 Å². The third-order valence-electron chi connectivity index (χ3n) is 3.73. The molecule has 0 radical (unpaired) electrons. The number of benzene rings is 1. The summed E-state index contributed by atoms with van der Waals surface area (Å²) < 4.78 is 21.3. The molecule has 142 valence electrons. The van der Waals surface area contributed by atoms with Gasteiger partial charge in [0.25, 0.3) is 0 Å². The Hall–Kier alpha value is -2.26.